The van der Waals surface area contributed by atoms with E-state index in [-0.39, 0.29) is 12.8 Å². The van der Waals surface area contributed by atoms with Gasteiger partial charge in [0.2, 0.25) is 0 Å². The largest absolute Gasteiger partial charge is 0.203 e. The lowest BCUT2D eigenvalue weighted by molar-refractivity contribution is 0.448. The molecule has 0 saturated carbocycles. The van der Waals surface area contributed by atoms with E-state index in [9.17, 15) is 17.6 Å². The minimum Gasteiger partial charge on any atom is -0.203 e. The quantitative estimate of drug-likeness (QED) is 0.334. The zero-order valence-corrected chi connectivity index (χ0v) is 9.87. The lowest BCUT2D eigenvalue weighted by Crippen LogP contribution is -2.15. The molecule has 0 amide bonds. The Morgan fingerprint density at radius 2 is 1.50 bits per heavy atom. The van der Waals surface area contributed by atoms with Crippen molar-refractivity contribution >= 4 is 14.5 Å². The topological polar surface area (TPSA) is 0 Å². The van der Waals surface area contributed by atoms with E-state index >= 15 is 0 Å². The summed E-state index contributed by atoms with van der Waals surface area (Å²) in [6.07, 6.45) is 0.175. The van der Waals surface area contributed by atoms with Gasteiger partial charge >= 0.3 is 0 Å². The molecular formula is C11H11F4P. The van der Waals surface area contributed by atoms with Crippen LogP contribution in [0.15, 0.2) is 12.2 Å². The number of rotatable bonds is 3. The van der Waals surface area contributed by atoms with Gasteiger partial charge in [-0.05, 0) is 19.8 Å². The molecule has 16 heavy (non-hydrogen) atoms. The highest BCUT2D eigenvalue weighted by atomic mass is 31.0. The van der Waals surface area contributed by atoms with E-state index in [4.69, 9.17) is 0 Å². The van der Waals surface area contributed by atoms with Crippen LogP contribution in [0.3, 0.4) is 0 Å². The fourth-order valence-corrected chi connectivity index (χ4v) is 1.51. The second kappa shape index (κ2) is 4.96. The molecule has 1 atom stereocenters. The van der Waals surface area contributed by atoms with E-state index in [2.05, 4.69) is 6.58 Å². The molecular weight excluding hydrogens is 239 g/mol. The first-order chi connectivity index (χ1) is 7.36. The Morgan fingerprint density at radius 3 is 1.88 bits per heavy atom. The monoisotopic (exact) mass is 250 g/mol. The van der Waals surface area contributed by atoms with Gasteiger partial charge in [-0.15, -0.1) is 6.58 Å². The Bertz CT molecular complexity index is 411. The van der Waals surface area contributed by atoms with Crippen molar-refractivity contribution in [2.24, 2.45) is 0 Å². The van der Waals surface area contributed by atoms with Crippen molar-refractivity contribution in [2.45, 2.75) is 19.8 Å². The average molecular weight is 250 g/mol. The number of hydrogen-bond donors (Lipinski definition) is 0. The van der Waals surface area contributed by atoms with Gasteiger partial charge in [0.05, 0.1) is 0 Å². The van der Waals surface area contributed by atoms with Crippen LogP contribution in [0.5, 0.6) is 0 Å². The maximum absolute atomic E-state index is 13.3. The van der Waals surface area contributed by atoms with Crippen LogP contribution in [0.2, 0.25) is 0 Å². The SMILES string of the molecule is C=C(C)CCc1c(F)c(F)c(P)c(F)c1F. The maximum Gasteiger partial charge on any atom is 0.169 e. The van der Waals surface area contributed by atoms with Crippen molar-refractivity contribution in [1.82, 2.24) is 0 Å². The van der Waals surface area contributed by atoms with Crippen LogP contribution in [-0.2, 0) is 6.42 Å². The number of allylic oxidation sites excluding steroid dienone is 1. The smallest absolute Gasteiger partial charge is 0.169 e. The normalized spacial score (nSPS) is 10.6. The molecule has 0 radical (unpaired) electrons. The van der Waals surface area contributed by atoms with Crippen molar-refractivity contribution in [1.29, 1.82) is 0 Å². The van der Waals surface area contributed by atoms with Crippen LogP contribution in [0.4, 0.5) is 17.6 Å². The van der Waals surface area contributed by atoms with Crippen LogP contribution in [0.1, 0.15) is 18.9 Å². The fourth-order valence-electron chi connectivity index (χ4n) is 1.25. The third kappa shape index (κ3) is 2.43. The molecule has 0 spiro atoms. The summed E-state index contributed by atoms with van der Waals surface area (Å²) in [6, 6.07) is 0. The van der Waals surface area contributed by atoms with E-state index in [1.54, 1.807) is 16.2 Å². The van der Waals surface area contributed by atoms with E-state index < -0.39 is 34.1 Å². The molecule has 0 N–H and O–H groups in total. The predicted molar refractivity (Wildman–Crippen MR) is 58.8 cm³/mol. The molecule has 0 heterocycles. The summed E-state index contributed by atoms with van der Waals surface area (Å²) in [6.45, 7) is 5.23. The molecule has 0 aliphatic carbocycles. The first-order valence-electron chi connectivity index (χ1n) is 4.61. The molecule has 0 aromatic heterocycles. The van der Waals surface area contributed by atoms with Gasteiger partial charge in [-0.25, -0.2) is 17.6 Å². The Balaban J connectivity index is 3.23. The number of halogens is 4. The van der Waals surface area contributed by atoms with Gasteiger partial charge < -0.3 is 0 Å². The lowest BCUT2D eigenvalue weighted by atomic mass is 10.0. The van der Waals surface area contributed by atoms with Crippen molar-refractivity contribution in [3.8, 4) is 0 Å². The van der Waals surface area contributed by atoms with Gasteiger partial charge in [-0.2, -0.15) is 0 Å². The molecule has 0 fully saturated rings. The molecule has 1 rings (SSSR count). The summed E-state index contributed by atoms with van der Waals surface area (Å²) in [5, 5.41) is -0.714. The Hall–Kier alpha value is -0.890. The summed E-state index contributed by atoms with van der Waals surface area (Å²) in [5.74, 6) is -5.38. The third-order valence-electron chi connectivity index (χ3n) is 2.19. The van der Waals surface area contributed by atoms with Gasteiger partial charge in [-0.1, -0.05) is 14.8 Å². The van der Waals surface area contributed by atoms with Gasteiger partial charge in [-0.3, -0.25) is 0 Å². The highest BCUT2D eigenvalue weighted by molar-refractivity contribution is 7.27. The van der Waals surface area contributed by atoms with Gasteiger partial charge in [0, 0.05) is 10.9 Å². The van der Waals surface area contributed by atoms with Crippen molar-refractivity contribution in [3.63, 3.8) is 0 Å². The molecule has 1 unspecified atom stereocenters. The fraction of sp³-hybridized carbons (Fsp3) is 0.273. The second-order valence-corrected chi connectivity index (χ2v) is 4.18. The van der Waals surface area contributed by atoms with Crippen molar-refractivity contribution in [3.05, 3.63) is 41.0 Å². The lowest BCUT2D eigenvalue weighted by Gasteiger charge is -2.09. The van der Waals surface area contributed by atoms with E-state index in [0.717, 1.165) is 0 Å². The molecule has 88 valence electrons. The molecule has 1 aromatic carbocycles. The highest BCUT2D eigenvalue weighted by Crippen LogP contribution is 2.21. The molecule has 0 saturated heterocycles. The van der Waals surface area contributed by atoms with Crippen molar-refractivity contribution < 1.29 is 17.6 Å². The highest BCUT2D eigenvalue weighted by Gasteiger charge is 2.22. The summed E-state index contributed by atoms with van der Waals surface area (Å²) in [5.41, 5.74) is 0.124. The minimum absolute atomic E-state index is 0.105. The van der Waals surface area contributed by atoms with E-state index in [1.807, 2.05) is 0 Å². The van der Waals surface area contributed by atoms with Gasteiger partial charge in [0.25, 0.3) is 0 Å². The standard InChI is InChI=1S/C11H11F4P/c1-5(2)3-4-6-7(12)9(14)11(16)10(15)8(6)13/h1,3-4,16H2,2H3. The summed E-state index contributed by atoms with van der Waals surface area (Å²) < 4.78 is 52.9. The molecule has 1 aromatic rings. The van der Waals surface area contributed by atoms with Crippen LogP contribution in [-0.4, -0.2) is 0 Å². The Morgan fingerprint density at radius 1 is 1.06 bits per heavy atom. The average Bonchev–Trinajstić information content (AvgIpc) is 2.23. The molecule has 0 aliphatic heterocycles. The predicted octanol–water partition coefficient (Wildman–Crippen LogP) is 3.25. The maximum atomic E-state index is 13.3. The summed E-state index contributed by atoms with van der Waals surface area (Å²) in [4.78, 5) is 0. The van der Waals surface area contributed by atoms with Crippen LogP contribution < -0.4 is 5.30 Å². The summed E-state index contributed by atoms with van der Waals surface area (Å²) in [7, 11) is 1.64. The second-order valence-electron chi connectivity index (χ2n) is 3.61. The summed E-state index contributed by atoms with van der Waals surface area (Å²) >= 11 is 0. The number of benzene rings is 1. The third-order valence-corrected chi connectivity index (χ3v) is 2.70. The first-order valence-corrected chi connectivity index (χ1v) is 5.18. The zero-order valence-electron chi connectivity index (χ0n) is 8.71. The van der Waals surface area contributed by atoms with Crippen LogP contribution >= 0.6 is 9.24 Å². The molecule has 0 nitrogen and oxygen atoms in total. The molecule has 0 aliphatic rings. The molecule has 5 heteroatoms. The van der Waals surface area contributed by atoms with E-state index in [0.29, 0.717) is 5.57 Å². The van der Waals surface area contributed by atoms with Gasteiger partial charge in [0.1, 0.15) is 0 Å². The zero-order chi connectivity index (χ0) is 12.5. The molecule has 0 bridgehead atoms. The number of hydrogen-bond acceptors (Lipinski definition) is 0. The van der Waals surface area contributed by atoms with Crippen molar-refractivity contribution in [2.75, 3.05) is 0 Å². The Labute approximate surface area is 93.6 Å². The first kappa shape index (κ1) is 13.2. The minimum atomic E-state index is -1.36. The van der Waals surface area contributed by atoms with Crippen LogP contribution in [0.25, 0.3) is 0 Å². The Kier molecular flexibility index (Phi) is 4.09. The van der Waals surface area contributed by atoms with Gasteiger partial charge in [0.15, 0.2) is 23.3 Å². The van der Waals surface area contributed by atoms with Crippen LogP contribution in [0, 0.1) is 23.3 Å². The van der Waals surface area contributed by atoms with E-state index in [1.165, 1.54) is 0 Å².